The molecule has 3 aliphatic rings. The van der Waals surface area contributed by atoms with E-state index in [-0.39, 0.29) is 18.4 Å². The van der Waals surface area contributed by atoms with Gasteiger partial charge in [0.15, 0.2) is 0 Å². The number of allylic oxidation sites excluding steroid dienone is 3. The smallest absolute Gasteiger partial charge is 0.0850 e. The van der Waals surface area contributed by atoms with Crippen molar-refractivity contribution in [3.05, 3.63) is 198 Å². The lowest BCUT2D eigenvalue weighted by Gasteiger charge is -2.34. The Morgan fingerprint density at radius 2 is 1.36 bits per heavy atom. The first kappa shape index (κ1) is 33.8. The second-order valence-corrected chi connectivity index (χ2v) is 15.4. The molecule has 0 saturated heterocycles. The number of nitrogens with one attached hydrogen (secondary N) is 2. The lowest BCUT2D eigenvalue weighted by Crippen LogP contribution is -2.41. The predicted octanol–water partition coefficient (Wildman–Crippen LogP) is 11.4. The molecule has 0 spiro atoms. The Hall–Kier alpha value is -5.78. The number of nitrogens with two attached hydrogens (primary N) is 1. The van der Waals surface area contributed by atoms with E-state index < -0.39 is 0 Å². The van der Waals surface area contributed by atoms with Crippen LogP contribution >= 0.6 is 0 Å². The summed E-state index contributed by atoms with van der Waals surface area (Å²) in [7, 11) is 0. The van der Waals surface area contributed by atoms with Crippen LogP contribution in [0.25, 0.3) is 43.4 Å². The van der Waals surface area contributed by atoms with Gasteiger partial charge in [-0.15, -0.1) is 0 Å². The maximum absolute atomic E-state index is 6.81. The second-order valence-electron chi connectivity index (χ2n) is 15.4. The number of rotatable bonds is 9. The molecule has 0 aromatic heterocycles. The monoisotopic (exact) mass is 714 g/mol. The normalized spacial score (nSPS) is 20.1. The van der Waals surface area contributed by atoms with Crippen molar-refractivity contribution in [2.75, 3.05) is 11.4 Å². The Bertz CT molecular complexity index is 2590. The van der Waals surface area contributed by atoms with Crippen LogP contribution in [0.4, 0.5) is 5.69 Å². The van der Waals surface area contributed by atoms with Gasteiger partial charge in [-0.05, 0) is 86.0 Å². The van der Waals surface area contributed by atoms with Crippen LogP contribution in [0.5, 0.6) is 0 Å². The number of hydrogen-bond acceptors (Lipinski definition) is 4. The van der Waals surface area contributed by atoms with E-state index in [1.807, 2.05) is 18.2 Å². The summed E-state index contributed by atoms with van der Waals surface area (Å²) in [6.45, 7) is 0.807. The average Bonchev–Trinajstić information content (AvgIpc) is 3.61. The van der Waals surface area contributed by atoms with Crippen molar-refractivity contribution >= 4 is 38.0 Å². The molecule has 7 aromatic carbocycles. The van der Waals surface area contributed by atoms with E-state index >= 15 is 0 Å². The van der Waals surface area contributed by atoms with Crippen molar-refractivity contribution in [1.82, 2.24) is 10.6 Å². The fourth-order valence-corrected chi connectivity index (χ4v) is 9.45. The summed E-state index contributed by atoms with van der Waals surface area (Å²) in [5, 5.41) is 15.8. The Kier molecular flexibility index (Phi) is 8.88. The molecular weight excluding hydrogens is 669 g/mol. The Morgan fingerprint density at radius 3 is 2.18 bits per heavy atom. The largest absolute Gasteiger partial charge is 0.333 e. The van der Waals surface area contributed by atoms with Crippen LogP contribution in [-0.4, -0.2) is 12.6 Å². The van der Waals surface area contributed by atoms with Gasteiger partial charge in [0.2, 0.25) is 0 Å². The predicted molar refractivity (Wildman–Crippen MR) is 231 cm³/mol. The van der Waals surface area contributed by atoms with Crippen LogP contribution in [0.1, 0.15) is 54.2 Å². The van der Waals surface area contributed by atoms with Crippen LogP contribution in [0, 0.1) is 5.92 Å². The van der Waals surface area contributed by atoms with Crippen molar-refractivity contribution in [2.45, 2.75) is 43.6 Å². The number of hydrogen-bond donors (Lipinski definition) is 3. The summed E-state index contributed by atoms with van der Waals surface area (Å²) in [6.07, 6.45) is 15.0. The van der Waals surface area contributed by atoms with Gasteiger partial charge in [-0.2, -0.15) is 0 Å². The van der Waals surface area contributed by atoms with Gasteiger partial charge in [-0.3, -0.25) is 10.6 Å². The summed E-state index contributed by atoms with van der Waals surface area (Å²) in [5.41, 5.74) is 15.7. The first-order chi connectivity index (χ1) is 27.2. The summed E-state index contributed by atoms with van der Waals surface area (Å²) in [6, 6.07) is 52.7. The highest BCUT2D eigenvalue weighted by Crippen LogP contribution is 2.55. The van der Waals surface area contributed by atoms with Crippen LogP contribution in [0.2, 0.25) is 0 Å². The zero-order valence-corrected chi connectivity index (χ0v) is 31.0. The van der Waals surface area contributed by atoms with E-state index in [4.69, 9.17) is 5.73 Å². The fourth-order valence-electron chi connectivity index (χ4n) is 9.45. The lowest BCUT2D eigenvalue weighted by molar-refractivity contribution is 0.370. The Balaban J connectivity index is 1.01. The zero-order valence-electron chi connectivity index (χ0n) is 31.0. The summed E-state index contributed by atoms with van der Waals surface area (Å²) in [5.74, 6) is 0.737. The second kappa shape index (κ2) is 14.5. The summed E-state index contributed by atoms with van der Waals surface area (Å²) in [4.78, 5) is 2.69. The average molecular weight is 715 g/mol. The highest BCUT2D eigenvalue weighted by molar-refractivity contribution is 6.23. The first-order valence-corrected chi connectivity index (χ1v) is 19.9. The molecule has 2 aliphatic carbocycles. The minimum atomic E-state index is -0.319. The maximum atomic E-state index is 6.81. The van der Waals surface area contributed by atoms with E-state index in [0.717, 1.165) is 36.9 Å². The van der Waals surface area contributed by atoms with E-state index in [0.29, 0.717) is 11.8 Å². The molecule has 4 nitrogen and oxygen atoms in total. The molecule has 4 heteroatoms. The van der Waals surface area contributed by atoms with Gasteiger partial charge < -0.3 is 10.6 Å². The quantitative estimate of drug-likeness (QED) is 0.0792. The third-order valence-corrected chi connectivity index (χ3v) is 12.1. The van der Waals surface area contributed by atoms with Crippen molar-refractivity contribution < 1.29 is 0 Å². The van der Waals surface area contributed by atoms with Crippen LogP contribution in [-0.2, 0) is 0 Å². The molecule has 5 atom stereocenters. The molecule has 10 rings (SSSR count). The number of fused-ring (bicyclic) bond motifs is 10. The third kappa shape index (κ3) is 6.17. The highest BCUT2D eigenvalue weighted by atomic mass is 15.2. The molecule has 55 heavy (non-hydrogen) atoms. The van der Waals surface area contributed by atoms with E-state index in [1.54, 1.807) is 0 Å². The zero-order chi connectivity index (χ0) is 36.7. The highest BCUT2D eigenvalue weighted by Gasteiger charge is 2.42. The van der Waals surface area contributed by atoms with Gasteiger partial charge in [0.05, 0.1) is 24.1 Å². The molecule has 0 fully saturated rings. The van der Waals surface area contributed by atoms with Crippen LogP contribution in [0.15, 0.2) is 182 Å². The van der Waals surface area contributed by atoms with Gasteiger partial charge in [0.1, 0.15) is 0 Å². The number of benzene rings is 7. The first-order valence-electron chi connectivity index (χ1n) is 19.9. The van der Waals surface area contributed by atoms with Crippen molar-refractivity contribution in [1.29, 1.82) is 0 Å². The molecule has 1 aliphatic heterocycles. The van der Waals surface area contributed by atoms with Gasteiger partial charge in [0, 0.05) is 23.5 Å². The van der Waals surface area contributed by atoms with E-state index in [2.05, 4.69) is 173 Å². The van der Waals surface area contributed by atoms with Crippen LogP contribution in [0.3, 0.4) is 0 Å². The SMILES string of the molecule is N[C@H](NC(NCC1C=C(N2c3c(c4c5ccccc5ccc4c4ccccc34)C3CCC=CC32)C=CC1)c1ccc(-c2ccccc2)cc1)c1ccccc1. The van der Waals surface area contributed by atoms with Crippen molar-refractivity contribution in [2.24, 2.45) is 11.7 Å². The number of nitrogens with zero attached hydrogens (tertiary/aromatic N) is 1. The van der Waals surface area contributed by atoms with Gasteiger partial charge >= 0.3 is 0 Å². The molecule has 0 radical (unpaired) electrons. The molecular formula is C51H46N4. The molecule has 0 amide bonds. The molecule has 7 aromatic rings. The molecule has 0 bridgehead atoms. The standard InChI is InChI=1S/C51H46N4/c52-50(38-18-5-2-6-19-38)54-51(39-28-26-36(27-29-39)35-15-3-1-4-16-35)53-33-34-14-13-20-40(32-34)55-46-25-12-11-24-45(46)48-47-41-21-8-7-17-37(41)30-31-43(47)42-22-9-10-23-44(42)49(48)55/h1-10,12-13,15-23,25-32,34,45-46,50-51,53-54H,11,14,24,33,52H2/t34?,45?,46?,50-,51?/m1/s1. The van der Waals surface area contributed by atoms with E-state index in [1.165, 1.54) is 60.4 Å². The molecule has 4 N–H and O–H groups in total. The fraction of sp³-hybridized carbons (Fsp3) is 0.176. The molecule has 0 saturated carbocycles. The minimum Gasteiger partial charge on any atom is -0.333 e. The molecule has 4 unspecified atom stereocenters. The van der Waals surface area contributed by atoms with Crippen molar-refractivity contribution in [3.63, 3.8) is 0 Å². The molecule has 270 valence electrons. The van der Waals surface area contributed by atoms with Crippen molar-refractivity contribution in [3.8, 4) is 11.1 Å². The summed E-state index contributed by atoms with van der Waals surface area (Å²) >= 11 is 0. The maximum Gasteiger partial charge on any atom is 0.0850 e. The number of anilines is 1. The van der Waals surface area contributed by atoms with Gasteiger partial charge in [0.25, 0.3) is 0 Å². The minimum absolute atomic E-state index is 0.135. The van der Waals surface area contributed by atoms with Crippen LogP contribution < -0.4 is 21.3 Å². The summed E-state index contributed by atoms with van der Waals surface area (Å²) < 4.78 is 0. The topological polar surface area (TPSA) is 53.3 Å². The molecule has 1 heterocycles. The third-order valence-electron chi connectivity index (χ3n) is 12.1. The van der Waals surface area contributed by atoms with E-state index in [9.17, 15) is 0 Å². The van der Waals surface area contributed by atoms with Gasteiger partial charge in [-0.1, -0.05) is 170 Å². The Labute approximate surface area is 323 Å². The van der Waals surface area contributed by atoms with Gasteiger partial charge in [-0.25, -0.2) is 0 Å². The lowest BCUT2D eigenvalue weighted by atomic mass is 9.82. The Morgan fingerprint density at radius 1 is 0.655 bits per heavy atom.